The van der Waals surface area contributed by atoms with Crippen molar-refractivity contribution in [2.45, 2.75) is 108 Å². The quantitative estimate of drug-likeness (QED) is 0.0769. The number of ether oxygens (including phenoxy) is 1. The first-order chi connectivity index (χ1) is 28.0. The maximum absolute atomic E-state index is 10.3. The lowest BCUT2D eigenvalue weighted by molar-refractivity contribution is 0.103. The smallest absolute Gasteiger partial charge is 0.124 e. The molecule has 6 rings (SSSR count). The Morgan fingerprint density at radius 1 is 0.373 bits per heavy atom. The standard InChI is InChI=1S/C18H22O3.2C17H20O2/c1-4-14-8-12(2)9-16(18(14)20)11-21-10-15-7-5-6-13(3)17(15)19;2*1-4-14-6-12(3)7-15(17(14)19)9-13-5-11(2)8-16(18)10-13/h5-9,19-20H,4,10-11H2,1-3H3;2*5-8,10,18-19H,4,9H2,1-3H3. The van der Waals surface area contributed by atoms with E-state index in [0.29, 0.717) is 43.3 Å². The highest BCUT2D eigenvalue weighted by Gasteiger charge is 2.12. The van der Waals surface area contributed by atoms with Gasteiger partial charge in [0.25, 0.3) is 0 Å². The van der Waals surface area contributed by atoms with Crippen molar-refractivity contribution in [1.29, 1.82) is 0 Å². The molecule has 0 unspecified atom stereocenters. The minimum Gasteiger partial charge on any atom is -0.508 e. The predicted molar refractivity (Wildman–Crippen MR) is 239 cm³/mol. The molecule has 0 spiro atoms. The van der Waals surface area contributed by atoms with E-state index in [1.54, 1.807) is 24.3 Å². The van der Waals surface area contributed by atoms with E-state index in [0.717, 1.165) is 103 Å². The van der Waals surface area contributed by atoms with Crippen LogP contribution in [0.4, 0.5) is 0 Å². The van der Waals surface area contributed by atoms with E-state index < -0.39 is 0 Å². The summed E-state index contributed by atoms with van der Waals surface area (Å²) in [7, 11) is 0. The zero-order valence-corrected chi connectivity index (χ0v) is 36.2. The molecule has 6 aromatic rings. The van der Waals surface area contributed by atoms with Gasteiger partial charge in [-0.25, -0.2) is 0 Å². The van der Waals surface area contributed by atoms with Gasteiger partial charge in [0.2, 0.25) is 0 Å². The minimum atomic E-state index is 0.276. The Labute approximate surface area is 350 Å². The average Bonchev–Trinajstić information content (AvgIpc) is 3.17. The first-order valence-corrected chi connectivity index (χ1v) is 20.4. The van der Waals surface area contributed by atoms with Crippen molar-refractivity contribution in [3.05, 3.63) is 174 Å². The highest BCUT2D eigenvalue weighted by Crippen LogP contribution is 2.31. The van der Waals surface area contributed by atoms with Crippen LogP contribution in [-0.2, 0) is 50.1 Å². The third kappa shape index (κ3) is 13.0. The Balaban J connectivity index is 0.000000196. The molecule has 7 nitrogen and oxygen atoms in total. The van der Waals surface area contributed by atoms with Crippen LogP contribution in [0.1, 0.15) is 104 Å². The average molecular weight is 799 g/mol. The molecule has 6 aromatic carbocycles. The molecule has 0 atom stereocenters. The molecule has 59 heavy (non-hydrogen) atoms. The van der Waals surface area contributed by atoms with Gasteiger partial charge in [-0.1, -0.05) is 104 Å². The van der Waals surface area contributed by atoms with Gasteiger partial charge >= 0.3 is 0 Å². The molecular formula is C52H62O7. The fourth-order valence-corrected chi connectivity index (χ4v) is 7.42. The maximum atomic E-state index is 10.3. The summed E-state index contributed by atoms with van der Waals surface area (Å²) in [5, 5.41) is 59.9. The van der Waals surface area contributed by atoms with Gasteiger partial charge in [0.15, 0.2) is 0 Å². The lowest BCUT2D eigenvalue weighted by Gasteiger charge is -2.12. The van der Waals surface area contributed by atoms with E-state index in [4.69, 9.17) is 4.74 Å². The van der Waals surface area contributed by atoms with Gasteiger partial charge in [-0.2, -0.15) is 0 Å². The Hall–Kier alpha value is -5.92. The van der Waals surface area contributed by atoms with Crippen molar-refractivity contribution < 1.29 is 35.4 Å². The Morgan fingerprint density at radius 2 is 0.729 bits per heavy atom. The Kier molecular flexibility index (Phi) is 16.4. The van der Waals surface area contributed by atoms with Crippen LogP contribution in [0.5, 0.6) is 34.5 Å². The molecule has 7 heteroatoms. The van der Waals surface area contributed by atoms with Crippen molar-refractivity contribution in [1.82, 2.24) is 0 Å². The molecule has 0 aliphatic heterocycles. The number of phenols is 6. The van der Waals surface area contributed by atoms with Crippen molar-refractivity contribution in [3.63, 3.8) is 0 Å². The highest BCUT2D eigenvalue weighted by molar-refractivity contribution is 5.49. The summed E-state index contributed by atoms with van der Waals surface area (Å²) in [4.78, 5) is 0. The number of aryl methyl sites for hydroxylation is 9. The molecule has 312 valence electrons. The van der Waals surface area contributed by atoms with E-state index in [1.807, 2.05) is 129 Å². The first kappa shape index (κ1) is 45.8. The van der Waals surface area contributed by atoms with Crippen LogP contribution in [0.25, 0.3) is 0 Å². The topological polar surface area (TPSA) is 131 Å². The molecule has 0 aromatic heterocycles. The van der Waals surface area contributed by atoms with E-state index in [2.05, 4.69) is 0 Å². The van der Waals surface area contributed by atoms with Crippen LogP contribution in [0.2, 0.25) is 0 Å². The number of para-hydroxylation sites is 1. The van der Waals surface area contributed by atoms with Gasteiger partial charge in [0, 0.05) is 24.0 Å². The largest absolute Gasteiger partial charge is 0.508 e. The summed E-state index contributed by atoms with van der Waals surface area (Å²) in [5.74, 6) is 1.91. The van der Waals surface area contributed by atoms with E-state index in [9.17, 15) is 30.6 Å². The summed E-state index contributed by atoms with van der Waals surface area (Å²) in [6.07, 6.45) is 3.70. The van der Waals surface area contributed by atoms with Gasteiger partial charge in [-0.05, 0) is 141 Å². The fraction of sp³-hybridized carbons (Fsp3) is 0.308. The lowest BCUT2D eigenvalue weighted by atomic mass is 9.97. The maximum Gasteiger partial charge on any atom is 0.124 e. The van der Waals surface area contributed by atoms with Crippen LogP contribution in [0.3, 0.4) is 0 Å². The van der Waals surface area contributed by atoms with Gasteiger partial charge in [0.1, 0.15) is 34.5 Å². The number of hydrogen-bond donors (Lipinski definition) is 6. The van der Waals surface area contributed by atoms with Gasteiger partial charge < -0.3 is 35.4 Å². The van der Waals surface area contributed by atoms with Crippen molar-refractivity contribution in [2.24, 2.45) is 0 Å². The summed E-state index contributed by atoms with van der Waals surface area (Å²) >= 11 is 0. The number of hydrogen-bond acceptors (Lipinski definition) is 7. The Morgan fingerprint density at radius 3 is 1.14 bits per heavy atom. The summed E-state index contributed by atoms with van der Waals surface area (Å²) in [6, 6.07) is 28.6. The zero-order valence-electron chi connectivity index (χ0n) is 36.2. The number of aromatic hydroxyl groups is 6. The molecule has 6 N–H and O–H groups in total. The van der Waals surface area contributed by atoms with E-state index in [-0.39, 0.29) is 17.2 Å². The van der Waals surface area contributed by atoms with Crippen molar-refractivity contribution in [2.75, 3.05) is 0 Å². The second-order valence-corrected chi connectivity index (χ2v) is 15.6. The van der Waals surface area contributed by atoms with E-state index >= 15 is 0 Å². The molecule has 0 fully saturated rings. The van der Waals surface area contributed by atoms with Crippen LogP contribution in [0, 0.1) is 41.5 Å². The fourth-order valence-electron chi connectivity index (χ4n) is 7.42. The molecule has 0 aliphatic rings. The highest BCUT2D eigenvalue weighted by atomic mass is 16.5. The Bertz CT molecular complexity index is 2210. The molecule has 0 bridgehead atoms. The molecule has 0 amide bonds. The molecule has 0 saturated heterocycles. The lowest BCUT2D eigenvalue weighted by Crippen LogP contribution is -1.98. The van der Waals surface area contributed by atoms with Gasteiger partial charge in [-0.3, -0.25) is 0 Å². The zero-order chi connectivity index (χ0) is 43.4. The van der Waals surface area contributed by atoms with Crippen LogP contribution in [0.15, 0.2) is 91.0 Å². The summed E-state index contributed by atoms with van der Waals surface area (Å²) in [6.45, 7) is 18.6. The number of rotatable bonds is 11. The molecule has 0 heterocycles. The normalized spacial score (nSPS) is 10.7. The second kappa shape index (κ2) is 21.2. The van der Waals surface area contributed by atoms with E-state index in [1.165, 1.54) is 0 Å². The first-order valence-electron chi connectivity index (χ1n) is 20.4. The molecule has 0 radical (unpaired) electrons. The third-order valence-corrected chi connectivity index (χ3v) is 10.2. The number of benzene rings is 6. The minimum absolute atomic E-state index is 0.276. The van der Waals surface area contributed by atoms with Crippen LogP contribution >= 0.6 is 0 Å². The summed E-state index contributed by atoms with van der Waals surface area (Å²) in [5.41, 5.74) is 14.6. The van der Waals surface area contributed by atoms with Crippen LogP contribution < -0.4 is 0 Å². The SMILES string of the molecule is CCc1cc(C)cc(COCc2cccc(C)c2O)c1O.CCc1cc(C)cc(Cc2cc(C)cc(O)c2)c1O.CCc1cc(C)cc(Cc2cc(C)cc(O)c2)c1O. The molecular weight excluding hydrogens is 737 g/mol. The second-order valence-electron chi connectivity index (χ2n) is 15.6. The predicted octanol–water partition coefficient (Wildman–Crippen LogP) is 11.7. The monoisotopic (exact) mass is 798 g/mol. The van der Waals surface area contributed by atoms with Gasteiger partial charge in [-0.15, -0.1) is 0 Å². The third-order valence-electron chi connectivity index (χ3n) is 10.2. The molecule has 0 saturated carbocycles. The van der Waals surface area contributed by atoms with Crippen molar-refractivity contribution in [3.8, 4) is 34.5 Å². The number of phenolic OH excluding ortho intramolecular Hbond substituents is 6. The summed E-state index contributed by atoms with van der Waals surface area (Å²) < 4.78 is 5.66. The van der Waals surface area contributed by atoms with Crippen LogP contribution in [-0.4, -0.2) is 30.6 Å². The van der Waals surface area contributed by atoms with Gasteiger partial charge in [0.05, 0.1) is 13.2 Å². The molecule has 0 aliphatic carbocycles. The van der Waals surface area contributed by atoms with Crippen molar-refractivity contribution >= 4 is 0 Å².